The SMILES string of the molecule is CCCCCCCCCCCCCCCCCCOc1ccc(Oc2ccc(NCc3ccco3)cc2)cc1. The van der Waals surface area contributed by atoms with Crippen LogP contribution in [0.4, 0.5) is 5.69 Å². The lowest BCUT2D eigenvalue weighted by Gasteiger charge is -2.10. The number of hydrogen-bond acceptors (Lipinski definition) is 4. The molecule has 0 unspecified atom stereocenters. The van der Waals surface area contributed by atoms with Crippen LogP contribution < -0.4 is 14.8 Å². The van der Waals surface area contributed by atoms with E-state index in [0.29, 0.717) is 6.54 Å². The van der Waals surface area contributed by atoms with Crippen molar-refractivity contribution in [2.24, 2.45) is 0 Å². The molecule has 0 radical (unpaired) electrons. The van der Waals surface area contributed by atoms with Crippen molar-refractivity contribution in [1.82, 2.24) is 0 Å². The Labute approximate surface area is 237 Å². The van der Waals surface area contributed by atoms with Crippen molar-refractivity contribution in [1.29, 1.82) is 0 Å². The first kappa shape index (κ1) is 30.7. The fourth-order valence-corrected chi connectivity index (χ4v) is 4.82. The molecule has 4 nitrogen and oxygen atoms in total. The van der Waals surface area contributed by atoms with Gasteiger partial charge in [0.05, 0.1) is 19.4 Å². The molecular formula is C35H51NO3. The molecule has 0 atom stereocenters. The van der Waals surface area contributed by atoms with Crippen molar-refractivity contribution in [2.45, 2.75) is 116 Å². The van der Waals surface area contributed by atoms with Crippen molar-refractivity contribution < 1.29 is 13.9 Å². The van der Waals surface area contributed by atoms with Crippen LogP contribution in [0.3, 0.4) is 0 Å². The van der Waals surface area contributed by atoms with Crippen LogP contribution in [0.2, 0.25) is 0 Å². The van der Waals surface area contributed by atoms with E-state index in [1.54, 1.807) is 6.26 Å². The second-order valence-electron chi connectivity index (χ2n) is 10.7. The maximum atomic E-state index is 5.98. The second-order valence-corrected chi connectivity index (χ2v) is 10.7. The smallest absolute Gasteiger partial charge is 0.127 e. The van der Waals surface area contributed by atoms with Gasteiger partial charge in [0.15, 0.2) is 0 Å². The van der Waals surface area contributed by atoms with Gasteiger partial charge in [-0.25, -0.2) is 0 Å². The van der Waals surface area contributed by atoms with Crippen molar-refractivity contribution >= 4 is 5.69 Å². The van der Waals surface area contributed by atoms with Crippen molar-refractivity contribution in [3.05, 3.63) is 72.7 Å². The Kier molecular flexibility index (Phi) is 15.8. The number of ether oxygens (including phenoxy) is 2. The standard InChI is InChI=1S/C35H51NO3/c1-2-3-4-5-6-7-8-9-10-11-12-13-14-15-16-17-28-37-32-24-26-34(27-25-32)39-33-22-20-31(21-23-33)36-30-35-19-18-29-38-35/h18-27,29,36H,2-17,28,30H2,1H3. The number of unbranched alkanes of at least 4 members (excludes halogenated alkanes) is 15. The maximum absolute atomic E-state index is 5.98. The molecule has 0 aliphatic carbocycles. The molecule has 4 heteroatoms. The van der Waals surface area contributed by atoms with Gasteiger partial charge < -0.3 is 19.2 Å². The van der Waals surface area contributed by atoms with Crippen LogP contribution in [0.1, 0.15) is 115 Å². The van der Waals surface area contributed by atoms with Gasteiger partial charge in [-0.3, -0.25) is 0 Å². The van der Waals surface area contributed by atoms with Gasteiger partial charge in [0, 0.05) is 5.69 Å². The molecule has 3 rings (SSSR count). The first-order valence-electron chi connectivity index (χ1n) is 15.6. The Morgan fingerprint density at radius 3 is 1.56 bits per heavy atom. The molecule has 214 valence electrons. The minimum absolute atomic E-state index is 0.661. The first-order chi connectivity index (χ1) is 19.3. The van der Waals surface area contributed by atoms with Gasteiger partial charge in [0.1, 0.15) is 23.0 Å². The topological polar surface area (TPSA) is 43.6 Å². The monoisotopic (exact) mass is 533 g/mol. The summed E-state index contributed by atoms with van der Waals surface area (Å²) in [4.78, 5) is 0. The molecule has 0 saturated heterocycles. The quantitative estimate of drug-likeness (QED) is 0.123. The highest BCUT2D eigenvalue weighted by Gasteiger charge is 2.01. The zero-order valence-corrected chi connectivity index (χ0v) is 24.3. The molecule has 1 heterocycles. The Hall–Kier alpha value is -2.88. The van der Waals surface area contributed by atoms with E-state index in [9.17, 15) is 0 Å². The lowest BCUT2D eigenvalue weighted by molar-refractivity contribution is 0.304. The largest absolute Gasteiger partial charge is 0.494 e. The lowest BCUT2D eigenvalue weighted by Crippen LogP contribution is -1.98. The number of hydrogen-bond donors (Lipinski definition) is 1. The highest BCUT2D eigenvalue weighted by molar-refractivity contribution is 5.47. The summed E-state index contributed by atoms with van der Waals surface area (Å²) in [6, 6.07) is 19.7. The minimum atomic E-state index is 0.661. The van der Waals surface area contributed by atoms with Crippen molar-refractivity contribution in [2.75, 3.05) is 11.9 Å². The van der Waals surface area contributed by atoms with Crippen LogP contribution in [0.5, 0.6) is 17.2 Å². The summed E-state index contributed by atoms with van der Waals surface area (Å²) in [6.07, 6.45) is 23.9. The van der Waals surface area contributed by atoms with Gasteiger partial charge in [-0.15, -0.1) is 0 Å². The summed E-state index contributed by atoms with van der Waals surface area (Å²) < 4.78 is 17.3. The third kappa shape index (κ3) is 14.2. The lowest BCUT2D eigenvalue weighted by atomic mass is 10.0. The summed E-state index contributed by atoms with van der Waals surface area (Å²) >= 11 is 0. The van der Waals surface area contributed by atoms with E-state index >= 15 is 0 Å². The Bertz CT molecular complexity index is 951. The van der Waals surface area contributed by atoms with Crippen molar-refractivity contribution in [3.8, 4) is 17.2 Å². The Morgan fingerprint density at radius 2 is 1.05 bits per heavy atom. The maximum Gasteiger partial charge on any atom is 0.127 e. The number of nitrogens with one attached hydrogen (secondary N) is 1. The van der Waals surface area contributed by atoms with Crippen LogP contribution in [-0.4, -0.2) is 6.61 Å². The fraction of sp³-hybridized carbons (Fsp3) is 0.543. The molecule has 1 N–H and O–H groups in total. The average molecular weight is 534 g/mol. The van der Waals surface area contributed by atoms with E-state index in [1.165, 1.54) is 96.3 Å². The molecule has 0 aliphatic rings. The molecule has 0 aliphatic heterocycles. The van der Waals surface area contributed by atoms with E-state index in [2.05, 4.69) is 12.2 Å². The molecule has 2 aromatic carbocycles. The summed E-state index contributed by atoms with van der Waals surface area (Å²) in [7, 11) is 0. The van der Waals surface area contributed by atoms with Gasteiger partial charge in [-0.1, -0.05) is 103 Å². The second kappa shape index (κ2) is 20.1. The van der Waals surface area contributed by atoms with Gasteiger partial charge in [-0.2, -0.15) is 0 Å². The van der Waals surface area contributed by atoms with Gasteiger partial charge >= 0.3 is 0 Å². The minimum Gasteiger partial charge on any atom is -0.494 e. The summed E-state index contributed by atoms with van der Waals surface area (Å²) in [6.45, 7) is 3.73. The van der Waals surface area contributed by atoms with Crippen LogP contribution in [0.15, 0.2) is 71.3 Å². The van der Waals surface area contributed by atoms with E-state index in [-0.39, 0.29) is 0 Å². The van der Waals surface area contributed by atoms with E-state index < -0.39 is 0 Å². The molecule has 0 bridgehead atoms. The molecule has 0 fully saturated rings. The molecule has 0 spiro atoms. The summed E-state index contributed by atoms with van der Waals surface area (Å²) in [5.74, 6) is 3.43. The molecular weight excluding hydrogens is 482 g/mol. The first-order valence-corrected chi connectivity index (χ1v) is 15.6. The summed E-state index contributed by atoms with van der Waals surface area (Å²) in [5.41, 5.74) is 1.02. The predicted octanol–water partition coefficient (Wildman–Crippen LogP) is 11.3. The van der Waals surface area contributed by atoms with Crippen LogP contribution in [0.25, 0.3) is 0 Å². The number of benzene rings is 2. The molecule has 3 aromatic rings. The van der Waals surface area contributed by atoms with Gasteiger partial charge in [0.25, 0.3) is 0 Å². The average Bonchev–Trinajstić information content (AvgIpc) is 3.49. The van der Waals surface area contributed by atoms with Crippen LogP contribution in [-0.2, 0) is 6.54 Å². The molecule has 39 heavy (non-hydrogen) atoms. The summed E-state index contributed by atoms with van der Waals surface area (Å²) in [5, 5.41) is 3.34. The Balaban J connectivity index is 1.14. The van der Waals surface area contributed by atoms with E-state index in [1.807, 2.05) is 60.7 Å². The highest BCUT2D eigenvalue weighted by atomic mass is 16.5. The van der Waals surface area contributed by atoms with Crippen molar-refractivity contribution in [3.63, 3.8) is 0 Å². The highest BCUT2D eigenvalue weighted by Crippen LogP contribution is 2.25. The fourth-order valence-electron chi connectivity index (χ4n) is 4.82. The van der Waals surface area contributed by atoms with E-state index in [4.69, 9.17) is 13.9 Å². The zero-order chi connectivity index (χ0) is 27.2. The Morgan fingerprint density at radius 1 is 0.564 bits per heavy atom. The van der Waals surface area contributed by atoms with E-state index in [0.717, 1.165) is 41.7 Å². The normalized spacial score (nSPS) is 11.0. The third-order valence-corrected chi connectivity index (χ3v) is 7.23. The molecule has 0 saturated carbocycles. The van der Waals surface area contributed by atoms with Crippen LogP contribution >= 0.6 is 0 Å². The number of furan rings is 1. The zero-order valence-electron chi connectivity index (χ0n) is 24.3. The predicted molar refractivity (Wildman–Crippen MR) is 164 cm³/mol. The van der Waals surface area contributed by atoms with Gasteiger partial charge in [-0.05, 0) is 67.1 Å². The van der Waals surface area contributed by atoms with Gasteiger partial charge in [0.2, 0.25) is 0 Å². The third-order valence-electron chi connectivity index (χ3n) is 7.23. The number of anilines is 1. The molecule has 0 amide bonds. The molecule has 1 aromatic heterocycles. The number of rotatable bonds is 23. The van der Waals surface area contributed by atoms with Crippen LogP contribution in [0, 0.1) is 0 Å².